The van der Waals surface area contributed by atoms with Crippen molar-refractivity contribution < 1.29 is 60.9 Å². The van der Waals surface area contributed by atoms with Crippen LogP contribution in [0, 0.1) is 46.8 Å². The van der Waals surface area contributed by atoms with Gasteiger partial charge in [0.2, 0.25) is 17.6 Å². The molecule has 4 amide bonds. The molecule has 48 heavy (non-hydrogen) atoms. The van der Waals surface area contributed by atoms with Gasteiger partial charge in [0.25, 0.3) is 11.8 Å². The predicted molar refractivity (Wildman–Crippen MR) is 155 cm³/mol. The highest BCUT2D eigenvalue weighted by Crippen LogP contribution is 2.66. The summed E-state index contributed by atoms with van der Waals surface area (Å²) < 4.78 is 78.2. The molecular weight excluding hydrogens is 694 g/mol. The summed E-state index contributed by atoms with van der Waals surface area (Å²) in [6.07, 6.45) is 0.237. The van der Waals surface area contributed by atoms with Crippen LogP contribution in [-0.2, 0) is 24.0 Å². The smallest absolute Gasteiger partial charge is 0.303 e. The first-order valence-electron chi connectivity index (χ1n) is 14.4. The number of halogens is 7. The van der Waals surface area contributed by atoms with Gasteiger partial charge < -0.3 is 14.9 Å². The molecule has 2 aromatic rings. The fraction of sp³-hybridized carbons (Fsp3) is 0.387. The lowest BCUT2D eigenvalue weighted by Gasteiger charge is -2.50. The van der Waals surface area contributed by atoms with E-state index >= 15 is 8.78 Å². The molecule has 0 spiro atoms. The van der Waals surface area contributed by atoms with Crippen LogP contribution in [0.5, 0.6) is 11.5 Å². The number of nitrogens with zero attached hydrogens (tertiary/aromatic N) is 2. The number of carbonyl (C=O) groups is 5. The third-order valence-corrected chi connectivity index (χ3v) is 11.0. The number of amides is 4. The maximum absolute atomic E-state index is 15.1. The molecule has 0 radical (unpaired) electrons. The topological polar surface area (TPSA) is 142 Å². The number of hydrogen-bond acceptors (Lipinski definition) is 7. The monoisotopic (exact) mass is 716 g/mol. The van der Waals surface area contributed by atoms with Crippen molar-refractivity contribution in [1.29, 1.82) is 0 Å². The van der Waals surface area contributed by atoms with Crippen molar-refractivity contribution >= 4 is 58.5 Å². The normalized spacial score (nSPS) is 29.5. The molecule has 10 nitrogen and oxygen atoms in total. The SMILES string of the molecule is COc1ccc(O)c([C@H]2C3=CC[C@@H]4C(=O)N(CCCC(=O)O)C(=O)[C@@H]4[C@@H]3C[C@@]3(Cl)C(=O)N(c4c(F)c(F)c(F)c(F)c4F)C(=O)[C@@]23Cl)c1. The summed E-state index contributed by atoms with van der Waals surface area (Å²) in [5, 5.41) is 20.1. The number of likely N-dealkylation sites (tertiary alicyclic amines) is 1. The fourth-order valence-corrected chi connectivity index (χ4v) is 8.40. The summed E-state index contributed by atoms with van der Waals surface area (Å²) in [6.45, 7) is -0.240. The second-order valence-corrected chi connectivity index (χ2v) is 13.2. The largest absolute Gasteiger partial charge is 0.508 e. The number of anilines is 1. The van der Waals surface area contributed by atoms with Crippen molar-refractivity contribution in [2.24, 2.45) is 17.8 Å². The van der Waals surface area contributed by atoms with Gasteiger partial charge in [-0.25, -0.2) is 26.9 Å². The number of rotatable bonds is 7. The Labute approximate surface area is 277 Å². The van der Waals surface area contributed by atoms with E-state index in [1.54, 1.807) is 0 Å². The van der Waals surface area contributed by atoms with E-state index in [0.29, 0.717) is 0 Å². The molecule has 17 heteroatoms. The number of hydrogen-bond donors (Lipinski definition) is 2. The number of aromatic hydroxyl groups is 1. The van der Waals surface area contributed by atoms with E-state index in [-0.39, 0.29) is 47.6 Å². The van der Waals surface area contributed by atoms with E-state index < -0.39 is 110 Å². The molecule has 0 bridgehead atoms. The first-order valence-corrected chi connectivity index (χ1v) is 15.2. The molecule has 3 fully saturated rings. The summed E-state index contributed by atoms with van der Waals surface area (Å²) in [6, 6.07) is 3.71. The molecular formula is C31H23Cl2F5N2O8. The highest BCUT2D eigenvalue weighted by atomic mass is 35.5. The maximum Gasteiger partial charge on any atom is 0.303 e. The molecule has 2 aliphatic heterocycles. The number of carboxylic acid groups (broad SMARTS) is 1. The second-order valence-electron chi connectivity index (χ2n) is 11.9. The zero-order chi connectivity index (χ0) is 35.2. The minimum absolute atomic E-state index is 0.0639. The van der Waals surface area contributed by atoms with Crippen LogP contribution in [0.4, 0.5) is 27.6 Å². The highest BCUT2D eigenvalue weighted by Gasteiger charge is 2.77. The number of methoxy groups -OCH3 is 1. The quantitative estimate of drug-likeness (QED) is 0.106. The van der Waals surface area contributed by atoms with Crippen molar-refractivity contribution in [3.63, 3.8) is 0 Å². The molecule has 2 aliphatic carbocycles. The fourth-order valence-electron chi connectivity index (χ4n) is 7.48. The standard InChI is InChI=1S/C31H23Cl2F5N2O8/c1-48-11-4-7-16(41)14(9-11)19-12-5-6-13-18(27(45)39(26(13)44)8-2-3-17(42)43)15(12)10-30(32)28(46)40(29(47)31(19,30)33)25-23(37)21(35)20(34)22(36)24(25)38/h4-5,7,9,13,15,18-19,41H,2-3,6,8,10H2,1H3,(H,42,43)/t13-,15+,18-,19+,30+,31-/m0/s1. The average molecular weight is 717 g/mol. The lowest BCUT2D eigenvalue weighted by Crippen LogP contribution is -2.60. The highest BCUT2D eigenvalue weighted by molar-refractivity contribution is 6.58. The summed E-state index contributed by atoms with van der Waals surface area (Å²) in [5.41, 5.74) is -1.98. The van der Waals surface area contributed by atoms with Crippen LogP contribution in [0.3, 0.4) is 0 Å². The Morgan fingerprint density at radius 3 is 2.19 bits per heavy atom. The van der Waals surface area contributed by atoms with E-state index in [1.165, 1.54) is 25.3 Å². The number of benzene rings is 2. The summed E-state index contributed by atoms with van der Waals surface area (Å²) >= 11 is 14.1. The average Bonchev–Trinajstić information content (AvgIpc) is 3.37. The maximum atomic E-state index is 15.1. The van der Waals surface area contributed by atoms with E-state index in [0.717, 1.165) is 11.0 Å². The molecule has 6 atom stereocenters. The number of imide groups is 2. The Morgan fingerprint density at radius 2 is 1.58 bits per heavy atom. The van der Waals surface area contributed by atoms with Crippen molar-refractivity contribution in [3.8, 4) is 11.5 Å². The Kier molecular flexibility index (Phi) is 8.02. The Balaban J connectivity index is 1.55. The van der Waals surface area contributed by atoms with Crippen LogP contribution in [-0.4, -0.2) is 68.1 Å². The number of fused-ring (bicyclic) bond motifs is 4. The Hall–Kier alpha value is -4.24. The van der Waals surface area contributed by atoms with Crippen LogP contribution >= 0.6 is 23.2 Å². The number of allylic oxidation sites excluding steroid dienone is 2. The number of ether oxygens (including phenoxy) is 1. The van der Waals surface area contributed by atoms with Gasteiger partial charge in [0, 0.05) is 24.4 Å². The van der Waals surface area contributed by atoms with Crippen molar-refractivity contribution in [1.82, 2.24) is 4.90 Å². The Bertz CT molecular complexity index is 1850. The molecule has 0 unspecified atom stereocenters. The summed E-state index contributed by atoms with van der Waals surface area (Å²) in [4.78, 5) is 61.7. The van der Waals surface area contributed by atoms with Gasteiger partial charge in [-0.2, -0.15) is 0 Å². The first kappa shape index (κ1) is 33.7. The molecule has 2 aromatic carbocycles. The van der Waals surface area contributed by atoms with E-state index in [9.17, 15) is 42.3 Å². The molecule has 4 aliphatic rings. The number of carboxylic acids is 1. The van der Waals surface area contributed by atoms with Gasteiger partial charge in [-0.1, -0.05) is 11.6 Å². The lowest BCUT2D eigenvalue weighted by atomic mass is 9.56. The van der Waals surface area contributed by atoms with Crippen LogP contribution in [0.2, 0.25) is 0 Å². The zero-order valence-corrected chi connectivity index (χ0v) is 26.1. The molecule has 254 valence electrons. The molecule has 2 N–H and O–H groups in total. The third kappa shape index (κ3) is 4.39. The molecule has 2 heterocycles. The van der Waals surface area contributed by atoms with E-state index in [4.69, 9.17) is 33.0 Å². The van der Waals surface area contributed by atoms with Crippen LogP contribution in [0.25, 0.3) is 0 Å². The minimum atomic E-state index is -2.81. The summed E-state index contributed by atoms with van der Waals surface area (Å²) in [5.74, 6) is -23.9. The Morgan fingerprint density at radius 1 is 0.958 bits per heavy atom. The van der Waals surface area contributed by atoms with Gasteiger partial charge in [0.1, 0.15) is 17.2 Å². The molecule has 1 saturated carbocycles. The first-order chi connectivity index (χ1) is 22.5. The number of phenols is 1. The second kappa shape index (κ2) is 11.4. The van der Waals surface area contributed by atoms with Gasteiger partial charge in [0.15, 0.2) is 33.0 Å². The van der Waals surface area contributed by atoms with Gasteiger partial charge in [-0.3, -0.25) is 28.9 Å². The number of aliphatic carboxylic acids is 1. The van der Waals surface area contributed by atoms with Crippen LogP contribution in [0.15, 0.2) is 29.8 Å². The minimum Gasteiger partial charge on any atom is -0.508 e. The van der Waals surface area contributed by atoms with E-state index in [1.807, 2.05) is 0 Å². The number of carbonyl (C=O) groups excluding carboxylic acids is 4. The third-order valence-electron chi connectivity index (χ3n) is 9.63. The number of phenolic OH excluding ortho intramolecular Hbond substituents is 1. The lowest BCUT2D eigenvalue weighted by molar-refractivity contribution is -0.142. The van der Waals surface area contributed by atoms with Gasteiger partial charge in [0.05, 0.1) is 18.9 Å². The summed E-state index contributed by atoms with van der Waals surface area (Å²) in [7, 11) is 1.27. The van der Waals surface area contributed by atoms with Crippen LogP contribution < -0.4 is 9.64 Å². The number of alkyl halides is 2. The zero-order valence-electron chi connectivity index (χ0n) is 24.5. The van der Waals surface area contributed by atoms with Crippen molar-refractivity contribution in [2.75, 3.05) is 18.6 Å². The van der Waals surface area contributed by atoms with Crippen LogP contribution in [0.1, 0.15) is 37.2 Å². The molecule has 6 rings (SSSR count). The van der Waals surface area contributed by atoms with Gasteiger partial charge >= 0.3 is 5.97 Å². The molecule has 0 aromatic heterocycles. The van der Waals surface area contributed by atoms with Gasteiger partial charge in [-0.15, -0.1) is 23.2 Å². The van der Waals surface area contributed by atoms with E-state index in [2.05, 4.69) is 0 Å². The molecule has 2 saturated heterocycles. The van der Waals surface area contributed by atoms with Gasteiger partial charge in [-0.05, 0) is 43.4 Å². The van der Waals surface area contributed by atoms with Crippen molar-refractivity contribution in [3.05, 3.63) is 64.5 Å². The van der Waals surface area contributed by atoms with Crippen molar-refractivity contribution in [2.45, 2.75) is 41.3 Å². The predicted octanol–water partition coefficient (Wildman–Crippen LogP) is 4.52.